The van der Waals surface area contributed by atoms with Gasteiger partial charge in [-0.05, 0) is 38.5 Å². The number of rotatable bonds is 6. The predicted octanol–water partition coefficient (Wildman–Crippen LogP) is 2.17. The molecule has 0 aromatic heterocycles. The predicted molar refractivity (Wildman–Crippen MR) is 116 cm³/mol. The first-order valence-corrected chi connectivity index (χ1v) is 9.92. The molecule has 1 saturated heterocycles. The van der Waals surface area contributed by atoms with Crippen LogP contribution in [-0.2, 0) is 19.9 Å². The topological polar surface area (TPSA) is 98.8 Å². The van der Waals surface area contributed by atoms with Crippen LogP contribution in [0.2, 0.25) is 0 Å². The summed E-state index contributed by atoms with van der Waals surface area (Å²) in [4.78, 5) is 52.3. The largest absolute Gasteiger partial charge is 0.335 e. The van der Waals surface area contributed by atoms with E-state index in [0.29, 0.717) is 11.3 Å². The minimum absolute atomic E-state index is 0.203. The Morgan fingerprint density at radius 3 is 2.13 bits per heavy atom. The van der Waals surface area contributed by atoms with Gasteiger partial charge in [-0.2, -0.15) is 0 Å². The van der Waals surface area contributed by atoms with Crippen molar-refractivity contribution in [3.8, 4) is 0 Å². The smallest absolute Gasteiger partial charge is 0.325 e. The molecule has 1 fully saturated rings. The van der Waals surface area contributed by atoms with Gasteiger partial charge in [0, 0.05) is 12.7 Å². The fourth-order valence-corrected chi connectivity index (χ4v) is 3.32. The van der Waals surface area contributed by atoms with E-state index in [1.807, 2.05) is 38.1 Å². The normalized spacial score (nSPS) is 18.0. The van der Waals surface area contributed by atoms with Crippen molar-refractivity contribution < 1.29 is 19.2 Å². The van der Waals surface area contributed by atoms with Gasteiger partial charge in [0.1, 0.15) is 12.1 Å². The number of benzene rings is 2. The van der Waals surface area contributed by atoms with Crippen LogP contribution in [0.25, 0.3) is 0 Å². The summed E-state index contributed by atoms with van der Waals surface area (Å²) in [5, 5.41) is 5.39. The van der Waals surface area contributed by atoms with Gasteiger partial charge < -0.3 is 15.5 Å². The number of nitrogens with zero attached hydrogens (tertiary/aromatic N) is 2. The monoisotopic (exact) mass is 422 g/mol. The molecular weight excluding hydrogens is 396 g/mol. The third-order valence-corrected chi connectivity index (χ3v) is 5.34. The van der Waals surface area contributed by atoms with E-state index >= 15 is 0 Å². The molecule has 5 amide bonds. The number of likely N-dealkylation sites (N-methyl/N-ethyl adjacent to an activating group) is 1. The number of hydrogen-bond acceptors (Lipinski definition) is 4. The van der Waals surface area contributed by atoms with Gasteiger partial charge in [0.25, 0.3) is 5.91 Å². The van der Waals surface area contributed by atoms with E-state index in [0.717, 1.165) is 16.0 Å². The highest BCUT2D eigenvalue weighted by Crippen LogP contribution is 2.29. The average Bonchev–Trinajstić information content (AvgIpc) is 2.94. The third-order valence-electron chi connectivity index (χ3n) is 5.34. The molecule has 0 unspecified atom stereocenters. The molecule has 1 aliphatic heterocycles. The molecule has 162 valence electrons. The first-order valence-electron chi connectivity index (χ1n) is 9.92. The summed E-state index contributed by atoms with van der Waals surface area (Å²) >= 11 is 0. The van der Waals surface area contributed by atoms with Crippen molar-refractivity contribution in [3.05, 3.63) is 65.2 Å². The molecule has 0 aliphatic carbocycles. The maximum atomic E-state index is 13.0. The average molecular weight is 422 g/mol. The lowest BCUT2D eigenvalue weighted by molar-refractivity contribution is -0.139. The van der Waals surface area contributed by atoms with Gasteiger partial charge in [0.15, 0.2) is 0 Å². The SMILES string of the molecule is Cc1ccc(NC(=O)CN(C)C(=O)CN2C(=O)N[C@@](C)(c3ccc(C)cc3)C2=O)cc1. The second kappa shape index (κ2) is 8.59. The molecule has 0 saturated carbocycles. The van der Waals surface area contributed by atoms with Crippen LogP contribution in [0.5, 0.6) is 0 Å². The molecule has 2 N–H and O–H groups in total. The van der Waals surface area contributed by atoms with Crippen molar-refractivity contribution in [3.63, 3.8) is 0 Å². The highest BCUT2D eigenvalue weighted by molar-refractivity contribution is 6.09. The number of hydrogen-bond donors (Lipinski definition) is 2. The summed E-state index contributed by atoms with van der Waals surface area (Å²) in [6.07, 6.45) is 0. The van der Waals surface area contributed by atoms with Crippen LogP contribution in [0.1, 0.15) is 23.6 Å². The molecule has 1 heterocycles. The van der Waals surface area contributed by atoms with Crippen LogP contribution in [-0.4, -0.2) is 53.7 Å². The van der Waals surface area contributed by atoms with Crippen molar-refractivity contribution >= 4 is 29.4 Å². The standard InChI is InChI=1S/C23H26N4O4/c1-15-5-9-17(10-6-15)23(3)21(30)27(22(31)25-23)14-20(29)26(4)13-19(28)24-18-11-7-16(2)8-12-18/h5-12H,13-14H2,1-4H3,(H,24,28)(H,25,31)/t23-/m0/s1. The van der Waals surface area contributed by atoms with Crippen LogP contribution >= 0.6 is 0 Å². The fraction of sp³-hybridized carbons (Fsp3) is 0.304. The van der Waals surface area contributed by atoms with Crippen molar-refractivity contribution in [1.82, 2.24) is 15.1 Å². The number of aryl methyl sites for hydroxylation is 2. The minimum atomic E-state index is -1.24. The lowest BCUT2D eigenvalue weighted by Gasteiger charge is -2.23. The number of anilines is 1. The van der Waals surface area contributed by atoms with Gasteiger partial charge in [0.2, 0.25) is 11.8 Å². The Balaban J connectivity index is 1.61. The summed E-state index contributed by atoms with van der Waals surface area (Å²) < 4.78 is 0. The molecule has 0 bridgehead atoms. The van der Waals surface area contributed by atoms with E-state index < -0.39 is 29.9 Å². The second-order valence-corrected chi connectivity index (χ2v) is 7.98. The zero-order valence-corrected chi connectivity index (χ0v) is 18.1. The molecule has 2 aromatic rings. The molecule has 2 aromatic carbocycles. The molecule has 8 nitrogen and oxygen atoms in total. The van der Waals surface area contributed by atoms with Gasteiger partial charge in [-0.1, -0.05) is 47.5 Å². The van der Waals surface area contributed by atoms with Gasteiger partial charge in [-0.3, -0.25) is 19.3 Å². The zero-order valence-electron chi connectivity index (χ0n) is 18.1. The summed E-state index contributed by atoms with van der Waals surface area (Å²) in [6.45, 7) is 4.84. The fourth-order valence-electron chi connectivity index (χ4n) is 3.32. The maximum absolute atomic E-state index is 13.0. The molecule has 1 atom stereocenters. The Morgan fingerprint density at radius 1 is 1.00 bits per heavy atom. The molecule has 0 radical (unpaired) electrons. The first-order chi connectivity index (χ1) is 14.6. The molecule has 8 heteroatoms. The first kappa shape index (κ1) is 22.0. The Labute approximate surface area is 181 Å². The van der Waals surface area contributed by atoms with Crippen LogP contribution in [0.4, 0.5) is 10.5 Å². The highest BCUT2D eigenvalue weighted by Gasteiger charge is 2.49. The summed E-state index contributed by atoms with van der Waals surface area (Å²) in [5.74, 6) is -1.40. The molecule has 31 heavy (non-hydrogen) atoms. The zero-order chi connectivity index (χ0) is 22.8. The van der Waals surface area contributed by atoms with Crippen molar-refractivity contribution in [2.75, 3.05) is 25.5 Å². The Hall–Kier alpha value is -3.68. The van der Waals surface area contributed by atoms with Gasteiger partial charge in [-0.15, -0.1) is 0 Å². The summed E-state index contributed by atoms with van der Waals surface area (Å²) in [6, 6.07) is 13.9. The lowest BCUT2D eigenvalue weighted by Crippen LogP contribution is -2.45. The molecule has 1 aliphatic rings. The van der Waals surface area contributed by atoms with E-state index in [2.05, 4.69) is 10.6 Å². The van der Waals surface area contributed by atoms with E-state index in [-0.39, 0.29) is 12.5 Å². The maximum Gasteiger partial charge on any atom is 0.325 e. The second-order valence-electron chi connectivity index (χ2n) is 7.98. The summed E-state index contributed by atoms with van der Waals surface area (Å²) in [7, 11) is 1.45. The molecule has 0 spiro atoms. The number of imide groups is 1. The van der Waals surface area contributed by atoms with E-state index in [1.165, 1.54) is 11.9 Å². The summed E-state index contributed by atoms with van der Waals surface area (Å²) in [5.41, 5.74) is 2.11. The number of carbonyl (C=O) groups excluding carboxylic acids is 4. The van der Waals surface area contributed by atoms with E-state index in [4.69, 9.17) is 0 Å². The van der Waals surface area contributed by atoms with Gasteiger partial charge >= 0.3 is 6.03 Å². The molecule has 3 rings (SSSR count). The van der Waals surface area contributed by atoms with Crippen molar-refractivity contribution in [2.24, 2.45) is 0 Å². The minimum Gasteiger partial charge on any atom is -0.335 e. The Kier molecular flexibility index (Phi) is 6.10. The third kappa shape index (κ3) is 4.74. The van der Waals surface area contributed by atoms with Crippen LogP contribution < -0.4 is 10.6 Å². The Morgan fingerprint density at radius 2 is 1.55 bits per heavy atom. The Bertz CT molecular complexity index is 1020. The van der Waals surface area contributed by atoms with Crippen LogP contribution in [0.3, 0.4) is 0 Å². The number of nitrogens with one attached hydrogen (secondary N) is 2. The molecular formula is C23H26N4O4. The van der Waals surface area contributed by atoms with Crippen LogP contribution in [0.15, 0.2) is 48.5 Å². The van der Waals surface area contributed by atoms with E-state index in [9.17, 15) is 19.2 Å². The van der Waals surface area contributed by atoms with Crippen molar-refractivity contribution in [1.29, 1.82) is 0 Å². The number of urea groups is 1. The van der Waals surface area contributed by atoms with Crippen LogP contribution in [0, 0.1) is 13.8 Å². The highest BCUT2D eigenvalue weighted by atomic mass is 16.2. The van der Waals surface area contributed by atoms with Gasteiger partial charge in [0.05, 0.1) is 6.54 Å². The lowest BCUT2D eigenvalue weighted by atomic mass is 9.91. The van der Waals surface area contributed by atoms with Gasteiger partial charge in [-0.25, -0.2) is 4.79 Å². The quantitative estimate of drug-likeness (QED) is 0.697. The number of carbonyl (C=O) groups is 4. The van der Waals surface area contributed by atoms with E-state index in [1.54, 1.807) is 31.2 Å². The van der Waals surface area contributed by atoms with Crippen molar-refractivity contribution in [2.45, 2.75) is 26.3 Å². The number of amides is 5.